The zero-order valence-electron chi connectivity index (χ0n) is 10.5. The Balaban J connectivity index is 1.80. The third kappa shape index (κ3) is 2.43. The van der Waals surface area contributed by atoms with Crippen LogP contribution in [0.5, 0.6) is 0 Å². The van der Waals surface area contributed by atoms with Crippen LogP contribution in [0.1, 0.15) is 5.69 Å². The highest BCUT2D eigenvalue weighted by molar-refractivity contribution is 6.58. The molecule has 2 heterocycles. The van der Waals surface area contributed by atoms with E-state index < -0.39 is 11.8 Å². The number of amides is 2. The molecule has 6 nitrogen and oxygen atoms in total. The van der Waals surface area contributed by atoms with Crippen LogP contribution in [0, 0.1) is 0 Å². The Bertz CT molecular complexity index is 731. The molecule has 0 spiro atoms. The molecule has 3 rings (SSSR count). The van der Waals surface area contributed by atoms with Gasteiger partial charge >= 0.3 is 0 Å². The topological polar surface area (TPSA) is 68.1 Å². The van der Waals surface area contributed by atoms with Crippen LogP contribution in [-0.4, -0.2) is 31.7 Å². The second kappa shape index (κ2) is 5.31. The first-order valence-corrected chi connectivity index (χ1v) is 6.71. The average molecular weight is 323 g/mol. The molecule has 21 heavy (non-hydrogen) atoms. The lowest BCUT2D eigenvalue weighted by Crippen LogP contribution is -2.30. The van der Waals surface area contributed by atoms with E-state index in [-0.39, 0.29) is 16.6 Å². The van der Waals surface area contributed by atoms with E-state index in [4.69, 9.17) is 23.2 Å². The normalized spacial score (nSPS) is 15.2. The fourth-order valence-corrected chi connectivity index (χ4v) is 2.27. The Labute approximate surface area is 129 Å². The quantitative estimate of drug-likeness (QED) is 0.808. The van der Waals surface area contributed by atoms with Gasteiger partial charge in [-0.25, -0.2) is 4.68 Å². The zero-order valence-corrected chi connectivity index (χ0v) is 12.0. The van der Waals surface area contributed by atoms with Gasteiger partial charge in [0, 0.05) is 0 Å². The van der Waals surface area contributed by atoms with Crippen LogP contribution in [0.3, 0.4) is 0 Å². The Kier molecular flexibility index (Phi) is 3.48. The van der Waals surface area contributed by atoms with E-state index in [1.54, 1.807) is 10.9 Å². The van der Waals surface area contributed by atoms with Crippen LogP contribution >= 0.6 is 23.2 Å². The molecule has 0 unspecified atom stereocenters. The predicted octanol–water partition coefficient (Wildman–Crippen LogP) is 1.83. The predicted molar refractivity (Wildman–Crippen MR) is 75.6 cm³/mol. The Morgan fingerprint density at radius 1 is 1.00 bits per heavy atom. The number of nitrogens with zero attached hydrogens (tertiary/aromatic N) is 4. The number of hydrogen-bond donors (Lipinski definition) is 0. The molecule has 1 aliphatic rings. The van der Waals surface area contributed by atoms with E-state index in [2.05, 4.69) is 10.3 Å². The maximum absolute atomic E-state index is 11.8. The number of para-hydroxylation sites is 1. The number of benzene rings is 1. The first kappa shape index (κ1) is 13.8. The molecule has 2 amide bonds. The first-order chi connectivity index (χ1) is 10.1. The van der Waals surface area contributed by atoms with Crippen molar-refractivity contribution >= 4 is 35.0 Å². The second-order valence-corrected chi connectivity index (χ2v) is 5.07. The first-order valence-electron chi connectivity index (χ1n) is 5.96. The van der Waals surface area contributed by atoms with Gasteiger partial charge in [-0.1, -0.05) is 46.6 Å². The van der Waals surface area contributed by atoms with Crippen molar-refractivity contribution in [3.8, 4) is 5.69 Å². The van der Waals surface area contributed by atoms with Gasteiger partial charge in [0.25, 0.3) is 11.8 Å². The SMILES string of the molecule is O=C1C(Cl)=C(Cl)C(=O)N1Cc1cn(-c2ccccc2)nn1. The van der Waals surface area contributed by atoms with Crippen molar-refractivity contribution in [2.24, 2.45) is 0 Å². The van der Waals surface area contributed by atoms with Gasteiger partial charge in [-0.3, -0.25) is 14.5 Å². The molecule has 0 radical (unpaired) electrons. The van der Waals surface area contributed by atoms with Gasteiger partial charge in [0.1, 0.15) is 15.8 Å². The molecule has 1 aliphatic heterocycles. The maximum Gasteiger partial charge on any atom is 0.274 e. The lowest BCUT2D eigenvalue weighted by Gasteiger charge is -2.11. The number of aromatic nitrogens is 3. The van der Waals surface area contributed by atoms with Crippen molar-refractivity contribution < 1.29 is 9.59 Å². The van der Waals surface area contributed by atoms with E-state index in [1.807, 2.05) is 30.3 Å². The van der Waals surface area contributed by atoms with Crippen molar-refractivity contribution in [2.75, 3.05) is 0 Å². The summed E-state index contributed by atoms with van der Waals surface area (Å²) in [7, 11) is 0. The lowest BCUT2D eigenvalue weighted by molar-refractivity contribution is -0.137. The van der Waals surface area contributed by atoms with Crippen molar-refractivity contribution in [2.45, 2.75) is 6.54 Å². The standard InChI is InChI=1S/C13H8Cl2N4O2/c14-10-11(15)13(21)18(12(10)20)6-8-7-19(17-16-8)9-4-2-1-3-5-9/h1-5,7H,6H2. The zero-order chi connectivity index (χ0) is 15.0. The summed E-state index contributed by atoms with van der Waals surface area (Å²) < 4.78 is 1.55. The molecule has 1 aromatic carbocycles. The molecule has 0 saturated carbocycles. The van der Waals surface area contributed by atoms with Gasteiger partial charge in [0.15, 0.2) is 0 Å². The summed E-state index contributed by atoms with van der Waals surface area (Å²) in [5.74, 6) is -1.25. The summed E-state index contributed by atoms with van der Waals surface area (Å²) in [6.07, 6.45) is 1.63. The summed E-state index contributed by atoms with van der Waals surface area (Å²) in [5.41, 5.74) is 1.28. The second-order valence-electron chi connectivity index (χ2n) is 4.31. The Morgan fingerprint density at radius 3 is 2.24 bits per heavy atom. The Hall–Kier alpha value is -2.18. The molecule has 2 aromatic rings. The molecule has 0 atom stereocenters. The highest BCUT2D eigenvalue weighted by Crippen LogP contribution is 2.27. The van der Waals surface area contributed by atoms with Crippen molar-refractivity contribution in [1.29, 1.82) is 0 Å². The smallest absolute Gasteiger partial charge is 0.267 e. The number of carbonyl (C=O) groups is 2. The van der Waals surface area contributed by atoms with Gasteiger partial charge in [-0.2, -0.15) is 0 Å². The van der Waals surface area contributed by atoms with E-state index in [9.17, 15) is 9.59 Å². The molecule has 0 aliphatic carbocycles. The average Bonchev–Trinajstić information content (AvgIpc) is 3.05. The molecule has 0 bridgehead atoms. The Morgan fingerprint density at radius 2 is 1.62 bits per heavy atom. The fraction of sp³-hybridized carbons (Fsp3) is 0.0769. The third-order valence-corrected chi connectivity index (χ3v) is 3.74. The molecular formula is C13H8Cl2N4O2. The van der Waals surface area contributed by atoms with E-state index in [0.29, 0.717) is 5.69 Å². The summed E-state index contributed by atoms with van der Waals surface area (Å²) >= 11 is 11.3. The van der Waals surface area contributed by atoms with Crippen LogP contribution in [-0.2, 0) is 16.1 Å². The molecule has 1 aromatic heterocycles. The van der Waals surface area contributed by atoms with Crippen molar-refractivity contribution in [1.82, 2.24) is 19.9 Å². The van der Waals surface area contributed by atoms with Crippen molar-refractivity contribution in [3.63, 3.8) is 0 Å². The van der Waals surface area contributed by atoms with E-state index >= 15 is 0 Å². The highest BCUT2D eigenvalue weighted by Gasteiger charge is 2.37. The van der Waals surface area contributed by atoms with Crippen molar-refractivity contribution in [3.05, 3.63) is 52.3 Å². The lowest BCUT2D eigenvalue weighted by atomic mass is 10.3. The van der Waals surface area contributed by atoms with E-state index in [0.717, 1.165) is 10.6 Å². The molecule has 0 N–H and O–H groups in total. The number of imide groups is 1. The minimum Gasteiger partial charge on any atom is -0.267 e. The third-order valence-electron chi connectivity index (χ3n) is 2.94. The largest absolute Gasteiger partial charge is 0.274 e. The summed E-state index contributed by atoms with van der Waals surface area (Å²) in [6.45, 7) is -0.0308. The molecule has 0 fully saturated rings. The monoisotopic (exact) mass is 322 g/mol. The fourth-order valence-electron chi connectivity index (χ4n) is 1.90. The minimum absolute atomic E-state index is 0.0308. The molecular weight excluding hydrogens is 315 g/mol. The van der Waals surface area contributed by atoms with E-state index in [1.165, 1.54) is 0 Å². The van der Waals surface area contributed by atoms with Gasteiger partial charge in [0.2, 0.25) is 0 Å². The number of hydrogen-bond acceptors (Lipinski definition) is 4. The van der Waals surface area contributed by atoms with Crippen LogP contribution < -0.4 is 0 Å². The van der Waals surface area contributed by atoms with Gasteiger partial charge < -0.3 is 0 Å². The molecule has 106 valence electrons. The maximum atomic E-state index is 11.8. The number of halogens is 2. The van der Waals surface area contributed by atoms with Crippen LogP contribution in [0.15, 0.2) is 46.6 Å². The van der Waals surface area contributed by atoms with Gasteiger partial charge in [0.05, 0.1) is 18.4 Å². The van der Waals surface area contributed by atoms with Crippen LogP contribution in [0.2, 0.25) is 0 Å². The summed E-state index contributed by atoms with van der Waals surface area (Å²) in [6, 6.07) is 9.35. The minimum atomic E-state index is -0.624. The van der Waals surface area contributed by atoms with Crippen LogP contribution in [0.25, 0.3) is 5.69 Å². The van der Waals surface area contributed by atoms with Crippen LogP contribution in [0.4, 0.5) is 0 Å². The highest BCUT2D eigenvalue weighted by atomic mass is 35.5. The van der Waals surface area contributed by atoms with Gasteiger partial charge in [-0.15, -0.1) is 5.10 Å². The number of carbonyl (C=O) groups excluding carboxylic acids is 2. The molecule has 0 saturated heterocycles. The number of rotatable bonds is 3. The summed E-state index contributed by atoms with van der Waals surface area (Å²) in [5, 5.41) is 7.36. The molecule has 8 heteroatoms. The summed E-state index contributed by atoms with van der Waals surface area (Å²) in [4.78, 5) is 24.5. The van der Waals surface area contributed by atoms with Gasteiger partial charge in [-0.05, 0) is 12.1 Å².